The second kappa shape index (κ2) is 4.21. The molecule has 0 aromatic heterocycles. The Hall–Kier alpha value is -0.820. The van der Waals surface area contributed by atoms with Crippen molar-refractivity contribution in [3.8, 4) is 0 Å². The van der Waals surface area contributed by atoms with E-state index in [1.165, 1.54) is 38.8 Å². The van der Waals surface area contributed by atoms with Crippen LogP contribution >= 0.6 is 0 Å². The van der Waals surface area contributed by atoms with E-state index in [1.54, 1.807) is 11.1 Å². The van der Waals surface area contributed by atoms with Crippen molar-refractivity contribution in [2.45, 2.75) is 44.6 Å². The van der Waals surface area contributed by atoms with Gasteiger partial charge in [-0.25, -0.2) is 0 Å². The summed E-state index contributed by atoms with van der Waals surface area (Å²) in [5.41, 5.74) is 3.19. The predicted octanol–water partition coefficient (Wildman–Crippen LogP) is 3.20. The van der Waals surface area contributed by atoms with Gasteiger partial charge in [-0.2, -0.15) is 0 Å². The number of hydrogen-bond acceptors (Lipinski definition) is 1. The maximum Gasteiger partial charge on any atom is 0.0165 e. The standard InChI is InChI=1S/C15H21N/c1-12-14-7-3-2-6-13(14)8-9-15(12)16-10-4-5-11-16/h2-3,6-7,12,15H,4-5,8-11H2,1H3/t12-,15-/m1/s1. The molecule has 0 radical (unpaired) electrons. The molecule has 1 aromatic carbocycles. The summed E-state index contributed by atoms with van der Waals surface area (Å²) in [7, 11) is 0. The van der Waals surface area contributed by atoms with E-state index in [0.717, 1.165) is 12.0 Å². The van der Waals surface area contributed by atoms with Crippen molar-refractivity contribution in [1.29, 1.82) is 0 Å². The fraction of sp³-hybridized carbons (Fsp3) is 0.600. The molecule has 0 bridgehead atoms. The smallest absolute Gasteiger partial charge is 0.0165 e. The van der Waals surface area contributed by atoms with Crippen LogP contribution in [0.3, 0.4) is 0 Å². The van der Waals surface area contributed by atoms with Gasteiger partial charge in [0.05, 0.1) is 0 Å². The van der Waals surface area contributed by atoms with Crippen molar-refractivity contribution in [2.24, 2.45) is 0 Å². The molecule has 1 heteroatoms. The Morgan fingerprint density at radius 1 is 1.12 bits per heavy atom. The first kappa shape index (κ1) is 10.3. The third-order valence-electron chi connectivity index (χ3n) is 4.44. The highest BCUT2D eigenvalue weighted by Crippen LogP contribution is 2.35. The Morgan fingerprint density at radius 2 is 1.88 bits per heavy atom. The first-order chi connectivity index (χ1) is 7.86. The average molecular weight is 215 g/mol. The minimum Gasteiger partial charge on any atom is -0.300 e. The predicted molar refractivity (Wildman–Crippen MR) is 67.8 cm³/mol. The number of aryl methyl sites for hydroxylation is 1. The van der Waals surface area contributed by atoms with Crippen LogP contribution in [0.5, 0.6) is 0 Å². The third kappa shape index (κ3) is 1.67. The van der Waals surface area contributed by atoms with Gasteiger partial charge in [-0.3, -0.25) is 4.90 Å². The Labute approximate surface area is 98.5 Å². The van der Waals surface area contributed by atoms with E-state index in [0.29, 0.717) is 0 Å². The third-order valence-corrected chi connectivity index (χ3v) is 4.44. The monoisotopic (exact) mass is 215 g/mol. The summed E-state index contributed by atoms with van der Waals surface area (Å²) in [5, 5.41) is 0. The second-order valence-corrected chi connectivity index (χ2v) is 5.34. The molecule has 1 heterocycles. The van der Waals surface area contributed by atoms with Crippen LogP contribution in [0.2, 0.25) is 0 Å². The lowest BCUT2D eigenvalue weighted by molar-refractivity contribution is 0.196. The molecule has 2 atom stereocenters. The number of likely N-dealkylation sites (tertiary alicyclic amines) is 1. The summed E-state index contributed by atoms with van der Waals surface area (Å²) in [6, 6.07) is 9.83. The van der Waals surface area contributed by atoms with Crippen molar-refractivity contribution < 1.29 is 0 Å². The molecule has 1 aliphatic carbocycles. The van der Waals surface area contributed by atoms with Gasteiger partial charge < -0.3 is 0 Å². The maximum atomic E-state index is 2.72. The number of benzene rings is 1. The summed E-state index contributed by atoms with van der Waals surface area (Å²) in [6.45, 7) is 5.08. The summed E-state index contributed by atoms with van der Waals surface area (Å²) < 4.78 is 0. The minimum absolute atomic E-state index is 0.725. The molecule has 0 spiro atoms. The molecule has 0 N–H and O–H groups in total. The first-order valence-electron chi connectivity index (χ1n) is 6.68. The molecule has 0 amide bonds. The molecule has 1 fully saturated rings. The van der Waals surface area contributed by atoms with Crippen molar-refractivity contribution in [3.05, 3.63) is 35.4 Å². The summed E-state index contributed by atoms with van der Waals surface area (Å²) in [6.07, 6.45) is 5.45. The zero-order valence-electron chi connectivity index (χ0n) is 10.2. The highest BCUT2D eigenvalue weighted by molar-refractivity contribution is 5.33. The molecule has 1 aliphatic heterocycles. The highest BCUT2D eigenvalue weighted by Gasteiger charge is 2.31. The zero-order chi connectivity index (χ0) is 11.0. The molecular weight excluding hydrogens is 194 g/mol. The topological polar surface area (TPSA) is 3.24 Å². The molecule has 0 unspecified atom stereocenters. The first-order valence-corrected chi connectivity index (χ1v) is 6.68. The van der Waals surface area contributed by atoms with Crippen molar-refractivity contribution in [1.82, 2.24) is 4.90 Å². The molecule has 1 nitrogen and oxygen atoms in total. The van der Waals surface area contributed by atoms with E-state index in [2.05, 4.69) is 36.1 Å². The molecule has 0 saturated carbocycles. The van der Waals surface area contributed by atoms with E-state index in [9.17, 15) is 0 Å². The van der Waals surface area contributed by atoms with Gasteiger partial charge >= 0.3 is 0 Å². The van der Waals surface area contributed by atoms with Gasteiger partial charge in [0.25, 0.3) is 0 Å². The normalized spacial score (nSPS) is 30.3. The highest BCUT2D eigenvalue weighted by atomic mass is 15.2. The van der Waals surface area contributed by atoms with Crippen LogP contribution in [-0.2, 0) is 6.42 Å². The quantitative estimate of drug-likeness (QED) is 0.695. The van der Waals surface area contributed by atoms with E-state index in [-0.39, 0.29) is 0 Å². The Balaban J connectivity index is 1.85. The van der Waals surface area contributed by atoms with Gasteiger partial charge in [0.15, 0.2) is 0 Å². The molecule has 1 saturated heterocycles. The molecule has 16 heavy (non-hydrogen) atoms. The van der Waals surface area contributed by atoms with Crippen LogP contribution in [0.4, 0.5) is 0 Å². The molecule has 3 rings (SSSR count). The van der Waals surface area contributed by atoms with Crippen LogP contribution in [0, 0.1) is 0 Å². The largest absolute Gasteiger partial charge is 0.300 e. The number of fused-ring (bicyclic) bond motifs is 1. The fourth-order valence-electron chi connectivity index (χ4n) is 3.54. The van der Waals surface area contributed by atoms with Crippen molar-refractivity contribution in [3.63, 3.8) is 0 Å². The lowest BCUT2D eigenvalue weighted by Gasteiger charge is -2.37. The van der Waals surface area contributed by atoms with Crippen molar-refractivity contribution in [2.75, 3.05) is 13.1 Å². The number of rotatable bonds is 1. The SMILES string of the molecule is C[C@@H]1c2ccccc2CC[C@H]1N1CCCC1. The average Bonchev–Trinajstić information content (AvgIpc) is 2.83. The zero-order valence-corrected chi connectivity index (χ0v) is 10.2. The van der Waals surface area contributed by atoms with Crippen LogP contribution in [-0.4, -0.2) is 24.0 Å². The van der Waals surface area contributed by atoms with Crippen LogP contribution in [0.1, 0.15) is 43.2 Å². The summed E-state index contributed by atoms with van der Waals surface area (Å²) >= 11 is 0. The van der Waals surface area contributed by atoms with Gasteiger partial charge in [0.2, 0.25) is 0 Å². The van der Waals surface area contributed by atoms with Crippen LogP contribution in [0.15, 0.2) is 24.3 Å². The van der Waals surface area contributed by atoms with Gasteiger partial charge in [-0.05, 0) is 55.8 Å². The van der Waals surface area contributed by atoms with Gasteiger partial charge in [0.1, 0.15) is 0 Å². The van der Waals surface area contributed by atoms with E-state index in [4.69, 9.17) is 0 Å². The fourth-order valence-corrected chi connectivity index (χ4v) is 3.54. The van der Waals surface area contributed by atoms with Gasteiger partial charge in [-0.15, -0.1) is 0 Å². The Morgan fingerprint density at radius 3 is 2.69 bits per heavy atom. The number of hydrogen-bond donors (Lipinski definition) is 0. The van der Waals surface area contributed by atoms with Crippen LogP contribution in [0.25, 0.3) is 0 Å². The van der Waals surface area contributed by atoms with E-state index in [1.807, 2.05) is 0 Å². The van der Waals surface area contributed by atoms with E-state index >= 15 is 0 Å². The number of nitrogens with zero attached hydrogens (tertiary/aromatic N) is 1. The van der Waals surface area contributed by atoms with Gasteiger partial charge in [0, 0.05) is 6.04 Å². The molecule has 1 aromatic rings. The van der Waals surface area contributed by atoms with E-state index < -0.39 is 0 Å². The second-order valence-electron chi connectivity index (χ2n) is 5.34. The lowest BCUT2D eigenvalue weighted by atomic mass is 9.80. The Kier molecular flexibility index (Phi) is 2.72. The van der Waals surface area contributed by atoms with Crippen LogP contribution < -0.4 is 0 Å². The minimum atomic E-state index is 0.725. The summed E-state index contributed by atoms with van der Waals surface area (Å²) in [5.74, 6) is 0.725. The molecular formula is C15H21N. The summed E-state index contributed by atoms with van der Waals surface area (Å²) in [4.78, 5) is 2.72. The Bertz CT molecular complexity index is 365. The molecule has 86 valence electrons. The lowest BCUT2D eigenvalue weighted by Crippen LogP contribution is -2.39. The maximum absolute atomic E-state index is 2.72. The molecule has 2 aliphatic rings. The van der Waals surface area contributed by atoms with Crippen molar-refractivity contribution >= 4 is 0 Å². The van der Waals surface area contributed by atoms with Gasteiger partial charge in [-0.1, -0.05) is 31.2 Å².